The molecule has 32 heavy (non-hydrogen) atoms. The third kappa shape index (κ3) is 5.91. The first-order chi connectivity index (χ1) is 15.3. The number of nitrogens with two attached hydrogens (primary N) is 1. The minimum Gasteiger partial charge on any atom is -0.382 e. The van der Waals surface area contributed by atoms with Gasteiger partial charge >= 0.3 is 13.3 Å². The number of rotatable bonds is 5. The highest BCUT2D eigenvalue weighted by molar-refractivity contribution is 7.50. The van der Waals surface area contributed by atoms with Gasteiger partial charge in [-0.2, -0.15) is 15.1 Å². The molecule has 172 valence electrons. The smallest absolute Gasteiger partial charge is 0.329 e. The monoisotopic (exact) mass is 461 g/mol. The van der Waals surface area contributed by atoms with Gasteiger partial charge in [-0.25, -0.2) is 9.48 Å². The third-order valence-corrected chi connectivity index (χ3v) is 4.85. The molecule has 1 aromatic carbocycles. The SMILES string of the molecule is CC.CC.Nc1nc(-n2cccn2)nc2c1[nH]c(=O)n2Cc1cccc(CP(=O)(O)O)c1. The molecule has 0 radical (unpaired) electrons. The van der Waals surface area contributed by atoms with Crippen molar-refractivity contribution < 1.29 is 14.4 Å². The van der Waals surface area contributed by atoms with E-state index < -0.39 is 13.3 Å². The number of nitrogen functional groups attached to an aromatic ring is 1. The molecule has 5 N–H and O–H groups in total. The summed E-state index contributed by atoms with van der Waals surface area (Å²) in [5.41, 5.74) is 7.33. The Morgan fingerprint density at radius 1 is 1.09 bits per heavy atom. The fraction of sp³-hybridized carbons (Fsp3) is 0.300. The van der Waals surface area contributed by atoms with Gasteiger partial charge in [0.15, 0.2) is 11.5 Å². The second-order valence-corrected chi connectivity index (χ2v) is 7.86. The van der Waals surface area contributed by atoms with Gasteiger partial charge in [-0.1, -0.05) is 52.0 Å². The number of aromatic nitrogens is 6. The van der Waals surface area contributed by atoms with E-state index in [2.05, 4.69) is 20.1 Å². The molecule has 12 heteroatoms. The van der Waals surface area contributed by atoms with E-state index in [1.54, 1.807) is 42.7 Å². The second-order valence-electron chi connectivity index (χ2n) is 6.22. The fourth-order valence-corrected chi connectivity index (χ4v) is 3.60. The summed E-state index contributed by atoms with van der Waals surface area (Å²) in [6, 6.07) is 8.41. The van der Waals surface area contributed by atoms with E-state index in [0.29, 0.717) is 22.3 Å². The van der Waals surface area contributed by atoms with Crippen molar-refractivity contribution in [3.63, 3.8) is 0 Å². The van der Waals surface area contributed by atoms with Crippen LogP contribution in [0.1, 0.15) is 38.8 Å². The lowest BCUT2D eigenvalue weighted by Gasteiger charge is -2.08. The summed E-state index contributed by atoms with van der Waals surface area (Å²) < 4.78 is 14.1. The van der Waals surface area contributed by atoms with E-state index in [4.69, 9.17) is 15.5 Å². The minimum absolute atomic E-state index is 0.113. The predicted octanol–water partition coefficient (Wildman–Crippen LogP) is 2.67. The topological polar surface area (TPSA) is 165 Å². The van der Waals surface area contributed by atoms with Crippen LogP contribution in [-0.2, 0) is 17.3 Å². The Kier molecular flexibility index (Phi) is 8.48. The first-order valence-corrected chi connectivity index (χ1v) is 12.0. The highest BCUT2D eigenvalue weighted by Crippen LogP contribution is 2.39. The molecule has 0 aliphatic heterocycles. The maximum Gasteiger partial charge on any atom is 0.329 e. The lowest BCUT2D eigenvalue weighted by molar-refractivity contribution is 0.371. The maximum atomic E-state index is 12.4. The first kappa shape index (κ1) is 25.0. The number of H-pyrrole nitrogens is 1. The average molecular weight is 461 g/mol. The van der Waals surface area contributed by atoms with Crippen molar-refractivity contribution in [2.75, 3.05) is 5.73 Å². The van der Waals surface area contributed by atoms with Crippen LogP contribution >= 0.6 is 7.60 Å². The number of nitrogens with one attached hydrogen (secondary N) is 1. The van der Waals surface area contributed by atoms with Gasteiger partial charge in [0.2, 0.25) is 0 Å². The molecule has 0 aliphatic rings. The van der Waals surface area contributed by atoms with Crippen LogP contribution in [0.15, 0.2) is 47.5 Å². The number of benzene rings is 1. The second kappa shape index (κ2) is 10.9. The van der Waals surface area contributed by atoms with Crippen LogP contribution < -0.4 is 11.4 Å². The van der Waals surface area contributed by atoms with Crippen LogP contribution in [0, 0.1) is 0 Å². The van der Waals surface area contributed by atoms with E-state index in [1.165, 1.54) is 9.25 Å². The number of hydrogen-bond acceptors (Lipinski definition) is 6. The predicted molar refractivity (Wildman–Crippen MR) is 124 cm³/mol. The molecule has 11 nitrogen and oxygen atoms in total. The minimum atomic E-state index is -4.19. The van der Waals surface area contributed by atoms with E-state index in [-0.39, 0.29) is 24.5 Å². The number of imidazole rings is 1. The molecule has 4 rings (SSSR count). The largest absolute Gasteiger partial charge is 0.382 e. The zero-order valence-corrected chi connectivity index (χ0v) is 19.3. The van der Waals surface area contributed by atoms with Gasteiger partial charge in [-0.15, -0.1) is 0 Å². The highest BCUT2D eigenvalue weighted by Gasteiger charge is 2.17. The molecule has 0 saturated carbocycles. The van der Waals surface area contributed by atoms with Gasteiger partial charge in [0, 0.05) is 12.4 Å². The molecule has 0 saturated heterocycles. The number of hydrogen-bond donors (Lipinski definition) is 4. The van der Waals surface area contributed by atoms with Crippen molar-refractivity contribution in [1.82, 2.24) is 29.3 Å². The fourth-order valence-electron chi connectivity index (χ4n) is 2.92. The molecule has 0 fully saturated rings. The van der Waals surface area contributed by atoms with Gasteiger partial charge in [-0.3, -0.25) is 9.13 Å². The van der Waals surface area contributed by atoms with Gasteiger partial charge in [-0.05, 0) is 17.2 Å². The Balaban J connectivity index is 0.000000860. The summed E-state index contributed by atoms with van der Waals surface area (Å²) >= 11 is 0. The maximum absolute atomic E-state index is 12.4. The molecule has 0 amide bonds. The van der Waals surface area contributed by atoms with E-state index in [9.17, 15) is 9.36 Å². The molecule has 0 bridgehead atoms. The third-order valence-electron chi connectivity index (χ3n) is 4.07. The number of nitrogens with zero attached hydrogens (tertiary/aromatic N) is 5. The molecule has 3 heterocycles. The molecule has 4 aromatic rings. The van der Waals surface area contributed by atoms with Crippen molar-refractivity contribution in [2.45, 2.75) is 40.4 Å². The molecule has 0 unspecified atom stereocenters. The molecular formula is C20H28N7O4P. The molecular weight excluding hydrogens is 433 g/mol. The summed E-state index contributed by atoms with van der Waals surface area (Å²) in [6.45, 7) is 8.14. The zero-order chi connectivity index (χ0) is 23.9. The van der Waals surface area contributed by atoms with Gasteiger partial charge in [0.05, 0.1) is 12.7 Å². The van der Waals surface area contributed by atoms with Gasteiger partial charge < -0.3 is 20.5 Å². The van der Waals surface area contributed by atoms with Crippen LogP contribution in [0.2, 0.25) is 0 Å². The van der Waals surface area contributed by atoms with Crippen LogP contribution in [0.4, 0.5) is 5.82 Å². The molecule has 0 aliphatic carbocycles. The van der Waals surface area contributed by atoms with Crippen molar-refractivity contribution >= 4 is 24.6 Å². The van der Waals surface area contributed by atoms with Gasteiger partial charge in [0.25, 0.3) is 5.95 Å². The number of anilines is 1. The van der Waals surface area contributed by atoms with E-state index in [1.807, 2.05) is 27.7 Å². The average Bonchev–Trinajstić information content (AvgIpc) is 3.40. The molecule has 0 spiro atoms. The summed E-state index contributed by atoms with van der Waals surface area (Å²) in [5, 5.41) is 4.07. The van der Waals surface area contributed by atoms with Crippen LogP contribution in [0.3, 0.4) is 0 Å². The van der Waals surface area contributed by atoms with Crippen LogP contribution in [0.25, 0.3) is 17.1 Å². The summed E-state index contributed by atoms with van der Waals surface area (Å²) in [6.07, 6.45) is 2.85. The van der Waals surface area contributed by atoms with Crippen LogP contribution in [0.5, 0.6) is 0 Å². The van der Waals surface area contributed by atoms with Crippen molar-refractivity contribution in [2.24, 2.45) is 0 Å². The van der Waals surface area contributed by atoms with Crippen molar-refractivity contribution in [3.05, 3.63) is 64.3 Å². The zero-order valence-electron chi connectivity index (χ0n) is 18.4. The Morgan fingerprint density at radius 2 is 1.78 bits per heavy atom. The summed E-state index contributed by atoms with van der Waals surface area (Å²) in [5.74, 6) is 0.333. The Hall–Kier alpha value is -3.27. The first-order valence-electron chi connectivity index (χ1n) is 10.2. The van der Waals surface area contributed by atoms with E-state index >= 15 is 0 Å². The number of fused-ring (bicyclic) bond motifs is 1. The highest BCUT2D eigenvalue weighted by atomic mass is 31.2. The molecule has 0 atom stereocenters. The summed E-state index contributed by atoms with van der Waals surface area (Å²) in [7, 11) is -4.19. The summed E-state index contributed by atoms with van der Waals surface area (Å²) in [4.78, 5) is 42.0. The number of aromatic amines is 1. The Bertz CT molecular complexity index is 1260. The van der Waals surface area contributed by atoms with Crippen molar-refractivity contribution in [1.29, 1.82) is 0 Å². The van der Waals surface area contributed by atoms with E-state index in [0.717, 1.165) is 0 Å². The van der Waals surface area contributed by atoms with Crippen molar-refractivity contribution in [3.8, 4) is 5.95 Å². The normalized spacial score (nSPS) is 10.8. The van der Waals surface area contributed by atoms with Gasteiger partial charge in [0.1, 0.15) is 5.52 Å². The lowest BCUT2D eigenvalue weighted by atomic mass is 10.1. The Labute approximate surface area is 185 Å². The standard InChI is InChI=1S/C16H16N7O4P.2C2H6/c17-13-12-14(21-15(20-13)23-6-2-5-18-23)22(16(24)19-12)8-10-3-1-4-11(7-10)9-28(25,26)27;2*1-2/h1-7H,8-9H2,(H,19,24)(H2,17,20,21)(H2,25,26,27);2*1-2H3. The lowest BCUT2D eigenvalue weighted by Crippen LogP contribution is -2.18. The quantitative estimate of drug-likeness (QED) is 0.329. The molecule has 3 aromatic heterocycles. The Morgan fingerprint density at radius 3 is 2.41 bits per heavy atom. The van der Waals surface area contributed by atoms with Crippen LogP contribution in [-0.4, -0.2) is 39.1 Å².